The van der Waals surface area contributed by atoms with E-state index < -0.39 is 213 Å². The van der Waals surface area contributed by atoms with Crippen molar-refractivity contribution in [3.63, 3.8) is 0 Å². The Bertz CT molecular complexity index is 2980. The molecule has 0 bridgehead atoms. The van der Waals surface area contributed by atoms with Crippen LogP contribution in [0.15, 0.2) is 4.99 Å². The van der Waals surface area contributed by atoms with Crippen LogP contribution in [-0.4, -0.2) is 250 Å². The fourth-order valence-corrected chi connectivity index (χ4v) is 8.53. The first-order valence-electron chi connectivity index (χ1n) is 32.2. The molecule has 0 aliphatic heterocycles. The van der Waals surface area contributed by atoms with E-state index in [0.717, 1.165) is 6.92 Å². The molecule has 0 saturated carbocycles. The fourth-order valence-electron chi connectivity index (χ4n) is 8.53. The van der Waals surface area contributed by atoms with Gasteiger partial charge in [-0.2, -0.15) is 0 Å². The number of aliphatic imine (C=N–C) groups is 1. The van der Waals surface area contributed by atoms with E-state index in [4.69, 9.17) is 22.9 Å². The number of nitrogens with one attached hydrogen (secondary N) is 18. The number of amides is 12. The second kappa shape index (κ2) is 50.0. The third-order valence-electron chi connectivity index (χ3n) is 14.1. The average Bonchev–Trinajstić information content (AvgIpc) is 0.854. The minimum absolute atomic E-state index is 0.0199. The van der Waals surface area contributed by atoms with Crippen molar-refractivity contribution in [1.82, 2.24) is 95.7 Å². The molecule has 0 aliphatic rings. The molecule has 0 saturated heterocycles. The molecule has 0 rings (SSSR count). The summed E-state index contributed by atoms with van der Waals surface area (Å²) in [6.45, 7) is 10.9. The van der Waals surface area contributed by atoms with E-state index in [1.54, 1.807) is 13.8 Å². The zero-order valence-corrected chi connectivity index (χ0v) is 58.4. The highest BCUT2D eigenvalue weighted by Crippen LogP contribution is 2.07. The molecule has 103 heavy (non-hydrogen) atoms. The number of primary amides is 2. The maximum absolute atomic E-state index is 14.9. The summed E-state index contributed by atoms with van der Waals surface area (Å²) in [6.07, 6.45) is -17.2. The Morgan fingerprint density at radius 2 is 0.709 bits per heavy atom. The Kier molecular flexibility index (Phi) is 45.0. The zero-order valence-electron chi connectivity index (χ0n) is 58.4. The van der Waals surface area contributed by atoms with E-state index in [1.165, 1.54) is 41.5 Å². The number of nitrogens with zero attached hydrogens (tertiary/aromatic N) is 1. The highest BCUT2D eigenvalue weighted by molar-refractivity contribution is 5.99. The molecule has 0 fully saturated rings. The van der Waals surface area contributed by atoms with Gasteiger partial charge in [0.2, 0.25) is 23.6 Å². The van der Waals surface area contributed by atoms with Crippen molar-refractivity contribution in [2.75, 3.05) is 19.6 Å². The second-order valence-electron chi connectivity index (χ2n) is 23.8. The van der Waals surface area contributed by atoms with Gasteiger partial charge < -0.3 is 114 Å². The van der Waals surface area contributed by atoms with E-state index in [-0.39, 0.29) is 69.3 Å². The molecule has 576 valence electrons. The van der Waals surface area contributed by atoms with Crippen LogP contribution in [0.4, 0.5) is 0 Å². The van der Waals surface area contributed by atoms with Crippen LogP contribution in [0.1, 0.15) is 107 Å². The third-order valence-corrected chi connectivity index (χ3v) is 14.1. The smallest absolute Gasteiger partial charge is 0.259 e. The molecule has 0 radical (unpaired) electrons. The second-order valence-corrected chi connectivity index (χ2v) is 23.8. The number of carbonyl (C=O) groups is 21. The number of hydrogen-bond donors (Lipinski definition) is 22. The first kappa shape index (κ1) is 92.6. The first-order valence-corrected chi connectivity index (χ1v) is 32.2. The van der Waals surface area contributed by atoms with E-state index in [1.807, 2.05) is 0 Å². The molecule has 12 amide bonds. The lowest BCUT2D eigenvalue weighted by atomic mass is 10.0. The van der Waals surface area contributed by atoms with Crippen LogP contribution in [0.5, 0.6) is 0 Å². The summed E-state index contributed by atoms with van der Waals surface area (Å²) in [7, 11) is 0. The molecule has 44 heteroatoms. The van der Waals surface area contributed by atoms with Gasteiger partial charge in [-0.15, -0.1) is 0 Å². The number of hydrogen-bond acceptors (Lipinski definition) is 30. The number of Topliss-reactive ketones (excluding diaryl/α,β-unsaturated/α-hetero) is 1. The van der Waals surface area contributed by atoms with Crippen LogP contribution in [0.2, 0.25) is 0 Å². The highest BCUT2D eigenvalue weighted by atomic mass is 16.2. The third kappa shape index (κ3) is 38.3. The minimum Gasteiger partial charge on any atom is -0.370 e. The van der Waals surface area contributed by atoms with Crippen molar-refractivity contribution in [2.24, 2.45) is 39.8 Å². The number of carbonyl (C=O) groups excluding carboxylic acids is 21. The Morgan fingerprint density at radius 1 is 0.369 bits per heavy atom. The fraction of sp³-hybridized carbons (Fsp3) is 0.627. The lowest BCUT2D eigenvalue weighted by Gasteiger charge is -2.31. The summed E-state index contributed by atoms with van der Waals surface area (Å²) in [5.41, 5.74) is 21.5. The highest BCUT2D eigenvalue weighted by Gasteiger charge is 2.39. The largest absolute Gasteiger partial charge is 0.370 e. The van der Waals surface area contributed by atoms with Crippen LogP contribution in [0, 0.1) is 11.8 Å². The van der Waals surface area contributed by atoms with Gasteiger partial charge in [0.05, 0.1) is 55.4 Å². The molecular weight excluding hydrogens is 1370 g/mol. The predicted octanol–water partition coefficient (Wildman–Crippen LogP) is -13.0. The van der Waals surface area contributed by atoms with Crippen LogP contribution in [0.25, 0.3) is 0 Å². The Morgan fingerprint density at radius 3 is 1.04 bits per heavy atom. The number of ketones is 1. The van der Waals surface area contributed by atoms with Gasteiger partial charge in [-0.05, 0) is 71.6 Å². The Hall–Kier alpha value is -10.4. The van der Waals surface area contributed by atoms with Crippen LogP contribution < -0.4 is 119 Å². The van der Waals surface area contributed by atoms with Gasteiger partial charge in [-0.3, -0.25) is 110 Å². The van der Waals surface area contributed by atoms with Gasteiger partial charge in [-0.25, -0.2) is 0 Å². The summed E-state index contributed by atoms with van der Waals surface area (Å²) in [5.74, 6) is -16.6. The molecule has 0 aromatic rings. The van der Waals surface area contributed by atoms with Gasteiger partial charge in [0.1, 0.15) is 56.3 Å². The molecule has 0 aromatic carbocycles. The summed E-state index contributed by atoms with van der Waals surface area (Å²) < 4.78 is 0. The molecule has 0 spiro atoms. The van der Waals surface area contributed by atoms with Gasteiger partial charge in [0.25, 0.3) is 47.3 Å². The molecule has 0 aliphatic carbocycles. The maximum Gasteiger partial charge on any atom is 0.259 e. The molecule has 0 heterocycles. The Balaban J connectivity index is 8.29. The van der Waals surface area contributed by atoms with Crippen molar-refractivity contribution >= 4 is 133 Å². The van der Waals surface area contributed by atoms with Crippen molar-refractivity contribution in [2.45, 2.75) is 205 Å². The average molecular weight is 1470 g/mol. The maximum atomic E-state index is 14.9. The first-order chi connectivity index (χ1) is 48.4. The van der Waals surface area contributed by atoms with Gasteiger partial charge in [0, 0.05) is 26.3 Å². The lowest BCUT2D eigenvalue weighted by molar-refractivity contribution is -0.138. The van der Waals surface area contributed by atoms with E-state index >= 15 is 0 Å². The molecule has 0 unspecified atom stereocenters. The predicted molar refractivity (Wildman–Crippen MR) is 360 cm³/mol. The van der Waals surface area contributed by atoms with Crippen molar-refractivity contribution < 1.29 is 101 Å². The summed E-state index contributed by atoms with van der Waals surface area (Å²) in [5, 5.41) is 42.1. The van der Waals surface area contributed by atoms with Crippen molar-refractivity contribution in [3.8, 4) is 0 Å². The summed E-state index contributed by atoms with van der Waals surface area (Å²) in [4.78, 5) is 277. The topological polar surface area (TPSA) is 691 Å². The summed E-state index contributed by atoms with van der Waals surface area (Å²) in [6, 6.07) is -10.9. The minimum atomic E-state index is -2.34. The van der Waals surface area contributed by atoms with Crippen LogP contribution in [0.3, 0.4) is 0 Å². The number of guanidine groups is 1. The van der Waals surface area contributed by atoms with E-state index in [0.29, 0.717) is 25.1 Å². The molecule has 26 N–H and O–H groups in total. The van der Waals surface area contributed by atoms with Crippen LogP contribution in [-0.2, 0) is 101 Å². The standard InChI is InChI=1S/C59H99N23O21/c1-28(2)21-38(26-89)74-48(57(102)77-44(67-30(5)22-85)53(98)69-32(7)50(95)68-31(6)33(8)91)81-55(100)47(73-37(25-88)13-15-41(61)94)80-54(99)45(71-35(23-86)11-10-16-66-59(62)63)79-52(97)43(65-18-20-84)76-58(103)49(75-39(27-90)29(3)4)82-56(101)46(72-36(24-87)12-14-40(60)93)78-51(96)42(64-17-19-83)70-34(9)92/h19-20,22-32,35-39,42-49,64-65,67,71-75H,10-18,21H2,1-9H3,(H2,60,93)(H2,61,94)(H,68,95)(H,69,98)(H,70,92)(H,76,103)(H,77,102)(H,78,96)(H,79,97)(H,80,99)(H,81,100)(H,82,101)(H4,62,63,66)/t30-,31-,32-,35+,36+,37+,38+,39-,42+,43-,44-,45+,46-,47-,48-,49-/m0/s1. The number of rotatable bonds is 57. The zero-order chi connectivity index (χ0) is 78.6. The van der Waals surface area contributed by atoms with Crippen molar-refractivity contribution in [1.29, 1.82) is 0 Å². The molecular formula is C59H99N23O21. The molecule has 44 nitrogen and oxygen atoms in total. The van der Waals surface area contributed by atoms with Gasteiger partial charge in [-0.1, -0.05) is 27.7 Å². The normalized spacial score (nSPS) is 15.7. The Labute approximate surface area is 591 Å². The van der Waals surface area contributed by atoms with E-state index in [2.05, 4.69) is 101 Å². The SMILES string of the molecule is CC(=O)N[C@@H](NCC=O)C(=O)N[C@H](N[C@@H](C=O)CCC(N)=O)C(=O)N[C@H](N[C@@H](C=O)C(C)C)C(=O)N[C@H](NCC=O)C(=O)N[C@@H](N[C@@H](C=O)CCCN=C(N)N)C(=O)N[C@H](N[C@@H](C=O)CCC(N)=O)C(=O)N[C@H](N[C@@H](C=O)CC(C)C)C(=O)N[C@H](N[C@@H](C)C=O)C(=O)N[C@@H](C)C(=O)N[C@@H](C)C(C)=O. The lowest BCUT2D eigenvalue weighted by Crippen LogP contribution is -2.70. The summed E-state index contributed by atoms with van der Waals surface area (Å²) >= 11 is 0. The van der Waals surface area contributed by atoms with E-state index in [9.17, 15) is 101 Å². The van der Waals surface area contributed by atoms with Crippen LogP contribution >= 0.6 is 0 Å². The molecule has 16 atom stereocenters. The van der Waals surface area contributed by atoms with Gasteiger partial charge in [0.15, 0.2) is 61.1 Å². The monoisotopic (exact) mass is 1470 g/mol. The van der Waals surface area contributed by atoms with Gasteiger partial charge >= 0.3 is 0 Å². The quantitative estimate of drug-likeness (QED) is 0.00884. The van der Waals surface area contributed by atoms with Crippen molar-refractivity contribution in [3.05, 3.63) is 0 Å². The number of aldehydes is 8. The number of nitrogens with two attached hydrogens (primary N) is 4. The molecule has 0 aromatic heterocycles.